The molecule has 0 aliphatic carbocycles. The summed E-state index contributed by atoms with van der Waals surface area (Å²) in [6.45, 7) is 0. The fourth-order valence-corrected chi connectivity index (χ4v) is 3.03. The Bertz CT molecular complexity index is 967. The van der Waals surface area contributed by atoms with E-state index in [1.165, 1.54) is 6.07 Å². The van der Waals surface area contributed by atoms with E-state index in [1.54, 1.807) is 24.3 Å². The van der Waals surface area contributed by atoms with Crippen molar-refractivity contribution in [3.8, 4) is 16.9 Å². The number of ether oxygens (including phenoxy) is 1. The van der Waals surface area contributed by atoms with Crippen molar-refractivity contribution in [2.75, 3.05) is 5.32 Å². The Morgan fingerprint density at radius 3 is 2.37 bits per heavy atom. The minimum Gasteiger partial charge on any atom is -0.431 e. The van der Waals surface area contributed by atoms with Gasteiger partial charge in [0.1, 0.15) is 5.75 Å². The van der Waals surface area contributed by atoms with Crippen LogP contribution in [-0.2, 0) is 0 Å². The summed E-state index contributed by atoms with van der Waals surface area (Å²) >= 11 is 17.2. The van der Waals surface area contributed by atoms with Crippen LogP contribution >= 0.6 is 35.4 Å². The highest BCUT2D eigenvalue weighted by Crippen LogP contribution is 2.31. The molecule has 3 aromatic rings. The van der Waals surface area contributed by atoms with Crippen molar-refractivity contribution in [1.82, 2.24) is 0 Å². The molecule has 0 aliphatic rings. The lowest BCUT2D eigenvalue weighted by Crippen LogP contribution is -2.31. The number of hydrogen-bond acceptors (Lipinski definition) is 4. The van der Waals surface area contributed by atoms with E-state index < -0.39 is 7.12 Å². The monoisotopic (exact) mass is 417 g/mol. The van der Waals surface area contributed by atoms with Gasteiger partial charge in [-0.2, -0.15) is 0 Å². The number of thiocarbonyl (C=S) groups is 1. The number of anilines is 1. The lowest BCUT2D eigenvalue weighted by Gasteiger charge is -2.14. The molecule has 0 aromatic heterocycles. The van der Waals surface area contributed by atoms with Gasteiger partial charge in [0.2, 0.25) is 0 Å². The SMILES string of the molecule is OB(O)c1cc(NC(=S)Oc2ccccc2-c2ccc(Cl)cc2)ccc1Cl. The number of benzene rings is 3. The molecule has 0 atom stereocenters. The van der Waals surface area contributed by atoms with Crippen LogP contribution in [0.2, 0.25) is 10.0 Å². The van der Waals surface area contributed by atoms with Crippen molar-refractivity contribution in [1.29, 1.82) is 0 Å². The van der Waals surface area contributed by atoms with Gasteiger partial charge in [0.05, 0.1) is 0 Å². The van der Waals surface area contributed by atoms with Crippen LogP contribution in [0.25, 0.3) is 11.1 Å². The smallest absolute Gasteiger partial charge is 0.431 e. The van der Waals surface area contributed by atoms with Crippen molar-refractivity contribution < 1.29 is 14.8 Å². The molecule has 0 radical (unpaired) electrons. The quantitative estimate of drug-likeness (QED) is 0.440. The zero-order chi connectivity index (χ0) is 19.4. The van der Waals surface area contributed by atoms with Crippen LogP contribution in [0.4, 0.5) is 5.69 Å². The molecule has 0 aliphatic heterocycles. The van der Waals surface area contributed by atoms with Crippen LogP contribution in [0, 0.1) is 0 Å². The topological polar surface area (TPSA) is 61.7 Å². The number of halogens is 2. The van der Waals surface area contributed by atoms with E-state index in [0.29, 0.717) is 16.5 Å². The Morgan fingerprint density at radius 1 is 0.963 bits per heavy atom. The van der Waals surface area contributed by atoms with Crippen LogP contribution in [-0.4, -0.2) is 22.3 Å². The third kappa shape index (κ3) is 5.00. The van der Waals surface area contributed by atoms with Crippen LogP contribution < -0.4 is 15.5 Å². The molecular weight excluding hydrogens is 404 g/mol. The van der Waals surface area contributed by atoms with Gasteiger partial charge in [-0.15, -0.1) is 0 Å². The molecule has 0 spiro atoms. The molecule has 4 nitrogen and oxygen atoms in total. The average molecular weight is 418 g/mol. The normalized spacial score (nSPS) is 10.4. The van der Waals surface area contributed by atoms with Gasteiger partial charge in [-0.25, -0.2) is 0 Å². The number of nitrogens with one attached hydrogen (secondary N) is 1. The van der Waals surface area contributed by atoms with Gasteiger partial charge >= 0.3 is 7.12 Å². The molecule has 0 unspecified atom stereocenters. The molecular formula is C19H14BCl2NO3S. The van der Waals surface area contributed by atoms with E-state index in [1.807, 2.05) is 36.4 Å². The van der Waals surface area contributed by atoms with Crippen molar-refractivity contribution >= 4 is 58.9 Å². The third-order valence-electron chi connectivity index (χ3n) is 3.77. The summed E-state index contributed by atoms with van der Waals surface area (Å²) in [4.78, 5) is 0. The van der Waals surface area contributed by atoms with Crippen LogP contribution in [0.3, 0.4) is 0 Å². The fraction of sp³-hybridized carbons (Fsp3) is 0. The summed E-state index contributed by atoms with van der Waals surface area (Å²) in [7, 11) is -1.68. The molecule has 3 rings (SSSR count). The molecule has 3 N–H and O–H groups in total. The van der Waals surface area contributed by atoms with E-state index in [9.17, 15) is 10.0 Å². The zero-order valence-corrected chi connectivity index (χ0v) is 16.2. The van der Waals surface area contributed by atoms with E-state index in [4.69, 9.17) is 40.2 Å². The van der Waals surface area contributed by atoms with Gasteiger partial charge < -0.3 is 20.1 Å². The van der Waals surface area contributed by atoms with Gasteiger partial charge in [0.25, 0.3) is 5.17 Å². The van der Waals surface area contributed by atoms with Crippen molar-refractivity contribution in [2.24, 2.45) is 0 Å². The first-order valence-electron chi connectivity index (χ1n) is 7.93. The first-order valence-corrected chi connectivity index (χ1v) is 9.10. The first kappa shape index (κ1) is 19.7. The molecule has 3 aromatic carbocycles. The molecule has 136 valence electrons. The Hall–Kier alpha value is -2.09. The molecule has 0 heterocycles. The average Bonchev–Trinajstić information content (AvgIpc) is 2.64. The van der Waals surface area contributed by atoms with Crippen molar-refractivity contribution in [3.05, 3.63) is 76.8 Å². The number of rotatable bonds is 4. The van der Waals surface area contributed by atoms with E-state index in [0.717, 1.165) is 11.1 Å². The fourth-order valence-electron chi connectivity index (χ4n) is 2.49. The summed E-state index contributed by atoms with van der Waals surface area (Å²) in [6, 6.07) is 19.6. The first-order chi connectivity index (χ1) is 12.9. The molecule has 27 heavy (non-hydrogen) atoms. The molecule has 0 amide bonds. The standard InChI is InChI=1S/C19H14BCl2NO3S/c21-13-7-5-12(6-8-13)15-3-1-2-4-18(15)26-19(27)23-14-9-10-17(22)16(11-14)20(24)25/h1-11,24-25H,(H,23,27). The minimum atomic E-state index is -1.68. The molecule has 0 saturated heterocycles. The lowest BCUT2D eigenvalue weighted by atomic mass is 9.80. The predicted molar refractivity (Wildman–Crippen MR) is 115 cm³/mol. The van der Waals surface area contributed by atoms with Crippen LogP contribution in [0.5, 0.6) is 5.75 Å². The number of hydrogen-bond donors (Lipinski definition) is 3. The van der Waals surface area contributed by atoms with Gasteiger partial charge in [-0.1, -0.05) is 53.5 Å². The van der Waals surface area contributed by atoms with E-state index in [-0.39, 0.29) is 15.7 Å². The third-order valence-corrected chi connectivity index (χ3v) is 4.55. The van der Waals surface area contributed by atoms with Crippen molar-refractivity contribution in [2.45, 2.75) is 0 Å². The second-order valence-electron chi connectivity index (χ2n) is 5.63. The highest BCUT2D eigenvalue weighted by molar-refractivity contribution is 7.80. The summed E-state index contributed by atoms with van der Waals surface area (Å²) < 4.78 is 5.79. The van der Waals surface area contributed by atoms with Gasteiger partial charge in [0, 0.05) is 26.8 Å². The predicted octanol–water partition coefficient (Wildman–Crippen LogP) is 4.12. The highest BCUT2D eigenvalue weighted by Gasteiger charge is 2.16. The van der Waals surface area contributed by atoms with E-state index in [2.05, 4.69) is 5.32 Å². The van der Waals surface area contributed by atoms with Gasteiger partial charge in [0.15, 0.2) is 0 Å². The summed E-state index contributed by atoms with van der Waals surface area (Å²) in [5, 5.41) is 22.6. The number of para-hydroxylation sites is 1. The Labute approximate surface area is 172 Å². The molecule has 0 fully saturated rings. The second-order valence-corrected chi connectivity index (χ2v) is 6.84. The highest BCUT2D eigenvalue weighted by atomic mass is 35.5. The Kier molecular flexibility index (Phi) is 6.36. The van der Waals surface area contributed by atoms with E-state index >= 15 is 0 Å². The summed E-state index contributed by atoms with van der Waals surface area (Å²) in [5.41, 5.74) is 2.50. The second kappa shape index (κ2) is 8.74. The van der Waals surface area contributed by atoms with Gasteiger partial charge in [-0.05, 0) is 54.2 Å². The molecule has 0 saturated carbocycles. The molecule has 8 heteroatoms. The van der Waals surface area contributed by atoms with Crippen LogP contribution in [0.1, 0.15) is 0 Å². The minimum absolute atomic E-state index is 0.108. The summed E-state index contributed by atoms with van der Waals surface area (Å²) in [6.07, 6.45) is 0. The van der Waals surface area contributed by atoms with Crippen molar-refractivity contribution in [3.63, 3.8) is 0 Å². The van der Waals surface area contributed by atoms with Gasteiger partial charge in [-0.3, -0.25) is 0 Å². The summed E-state index contributed by atoms with van der Waals surface area (Å²) in [5.74, 6) is 0.578. The maximum Gasteiger partial charge on any atom is 0.490 e. The maximum absolute atomic E-state index is 9.35. The van der Waals surface area contributed by atoms with Crippen LogP contribution in [0.15, 0.2) is 66.7 Å². The zero-order valence-electron chi connectivity index (χ0n) is 13.9. The maximum atomic E-state index is 9.35. The molecule has 0 bridgehead atoms. The largest absolute Gasteiger partial charge is 0.490 e. The lowest BCUT2D eigenvalue weighted by molar-refractivity contribution is 0.426. The Morgan fingerprint density at radius 2 is 1.67 bits per heavy atom. The Balaban J connectivity index is 1.79.